The Morgan fingerprint density at radius 3 is 2.21 bits per heavy atom. The number of carbonyl (C=O) groups is 3. The Balaban J connectivity index is 0.000000344. The number of carbonyl (C=O) groups excluding carboxylic acids is 2. The van der Waals surface area contributed by atoms with E-state index in [0.29, 0.717) is 50.7 Å². The molecule has 2 N–H and O–H groups in total. The zero-order valence-corrected chi connectivity index (χ0v) is 18.4. The van der Waals surface area contributed by atoms with Gasteiger partial charge in [0.1, 0.15) is 0 Å². The van der Waals surface area contributed by atoms with Gasteiger partial charge in [0.15, 0.2) is 11.5 Å². The average molecular weight is 490 g/mol. The fourth-order valence-electron chi connectivity index (χ4n) is 4.48. The second kappa shape index (κ2) is 9.12. The van der Waals surface area contributed by atoms with Crippen LogP contribution in [0, 0.1) is 0 Å². The monoisotopic (exact) mass is 490 g/mol. The molecule has 5 rings (SSSR count). The number of carboxylic acid groups (broad SMARTS) is 1. The maximum atomic E-state index is 14.6. The van der Waals surface area contributed by atoms with Gasteiger partial charge >= 0.3 is 12.1 Å². The van der Waals surface area contributed by atoms with E-state index in [2.05, 4.69) is 20.4 Å². The largest absolute Gasteiger partial charge is 0.490 e. The summed E-state index contributed by atoms with van der Waals surface area (Å²) in [6.45, 7) is 3.09. The summed E-state index contributed by atoms with van der Waals surface area (Å²) in [7, 11) is 0. The molecular weight excluding hydrogens is 464 g/mol. The number of nitrogens with zero attached hydrogens (tertiary/aromatic N) is 5. The highest BCUT2D eigenvalue weighted by Gasteiger charge is 2.49. The van der Waals surface area contributed by atoms with Crippen molar-refractivity contribution in [1.82, 2.24) is 29.9 Å². The lowest BCUT2D eigenvalue weighted by molar-refractivity contribution is -0.192. The van der Waals surface area contributed by atoms with Gasteiger partial charge in [-0.05, 0) is 38.5 Å². The van der Waals surface area contributed by atoms with Crippen molar-refractivity contribution in [3.05, 3.63) is 11.6 Å². The Kier molecular flexibility index (Phi) is 6.53. The number of aliphatic carboxylic acids is 1. The third-order valence-electron chi connectivity index (χ3n) is 6.88. The van der Waals surface area contributed by atoms with Crippen molar-refractivity contribution >= 4 is 17.8 Å². The highest BCUT2D eigenvalue weighted by Crippen LogP contribution is 2.39. The maximum Gasteiger partial charge on any atom is 0.490 e. The molecule has 14 heteroatoms. The normalized spacial score (nSPS) is 23.9. The number of nitrogens with one attached hydrogen (secondary N) is 1. The number of amides is 2. The number of halogens is 4. The Hall–Kier alpha value is -2.77. The SMILES string of the molecule is O=C(NC1CCC1)c1nnc2n1CCN1CCN(C(=O)C3(F)CCC3)CC21.O=C(O)C(F)(F)F. The number of aromatic nitrogens is 3. The molecule has 2 aliphatic heterocycles. The number of rotatable bonds is 3. The lowest BCUT2D eigenvalue weighted by Crippen LogP contribution is -2.58. The van der Waals surface area contributed by atoms with Crippen molar-refractivity contribution in [3.8, 4) is 0 Å². The molecule has 0 spiro atoms. The quantitative estimate of drug-likeness (QED) is 0.613. The molecule has 3 fully saturated rings. The van der Waals surface area contributed by atoms with Gasteiger partial charge in [-0.15, -0.1) is 10.2 Å². The van der Waals surface area contributed by atoms with Gasteiger partial charge in [-0.3, -0.25) is 14.5 Å². The van der Waals surface area contributed by atoms with Gasteiger partial charge in [0.2, 0.25) is 5.82 Å². The van der Waals surface area contributed by atoms with Crippen LogP contribution in [-0.2, 0) is 16.1 Å². The van der Waals surface area contributed by atoms with Crippen molar-refractivity contribution < 1.29 is 37.1 Å². The molecule has 0 bridgehead atoms. The molecule has 34 heavy (non-hydrogen) atoms. The zero-order valence-electron chi connectivity index (χ0n) is 18.4. The topological polar surface area (TPSA) is 121 Å². The molecule has 1 aromatic heterocycles. The minimum atomic E-state index is -5.08. The molecule has 1 atom stereocenters. The van der Waals surface area contributed by atoms with Crippen LogP contribution >= 0.6 is 0 Å². The minimum Gasteiger partial charge on any atom is -0.475 e. The van der Waals surface area contributed by atoms with Crippen LogP contribution in [0.4, 0.5) is 17.6 Å². The fourth-order valence-corrected chi connectivity index (χ4v) is 4.48. The van der Waals surface area contributed by atoms with Crippen molar-refractivity contribution in [2.24, 2.45) is 0 Å². The number of fused-ring (bicyclic) bond motifs is 3. The van der Waals surface area contributed by atoms with E-state index in [4.69, 9.17) is 9.90 Å². The van der Waals surface area contributed by atoms with Crippen molar-refractivity contribution in [1.29, 1.82) is 0 Å². The van der Waals surface area contributed by atoms with Crippen molar-refractivity contribution in [2.75, 3.05) is 26.2 Å². The third kappa shape index (κ3) is 4.72. The van der Waals surface area contributed by atoms with Crippen LogP contribution in [0.5, 0.6) is 0 Å². The van der Waals surface area contributed by atoms with Gasteiger partial charge in [0.05, 0.1) is 6.04 Å². The van der Waals surface area contributed by atoms with Crippen LogP contribution in [0.15, 0.2) is 0 Å². The van der Waals surface area contributed by atoms with Gasteiger partial charge in [-0.25, -0.2) is 9.18 Å². The number of alkyl halides is 4. The van der Waals surface area contributed by atoms with Crippen LogP contribution in [0.25, 0.3) is 0 Å². The number of hydrogen-bond donors (Lipinski definition) is 2. The second-order valence-electron chi connectivity index (χ2n) is 9.06. The van der Waals surface area contributed by atoms with Crippen LogP contribution in [0.3, 0.4) is 0 Å². The summed E-state index contributed by atoms with van der Waals surface area (Å²) in [4.78, 5) is 37.9. The van der Waals surface area contributed by atoms with Crippen molar-refractivity contribution in [2.45, 2.75) is 69.0 Å². The lowest BCUT2D eigenvalue weighted by Gasteiger charge is -2.46. The second-order valence-corrected chi connectivity index (χ2v) is 9.06. The van der Waals surface area contributed by atoms with E-state index in [1.165, 1.54) is 0 Å². The fraction of sp³-hybridized carbons (Fsp3) is 0.750. The standard InChI is InChI=1S/C18H25FN6O2.C2HF3O2/c19-18(5-2-6-18)17(27)24-8-7-23-9-10-25-14(13(23)11-24)21-22-15(25)16(26)20-12-3-1-4-12;3-2(4,5)1(6)7/h12-13H,1-11H2,(H,20,26);(H,6,7). The molecule has 2 saturated carbocycles. The van der Waals surface area contributed by atoms with Gasteiger partial charge in [0.25, 0.3) is 11.8 Å². The minimum absolute atomic E-state index is 0.127. The molecule has 0 radical (unpaired) electrons. The average Bonchev–Trinajstić information content (AvgIpc) is 3.18. The van der Waals surface area contributed by atoms with Crippen LogP contribution < -0.4 is 5.32 Å². The molecule has 10 nitrogen and oxygen atoms in total. The van der Waals surface area contributed by atoms with E-state index in [1.807, 2.05) is 4.57 Å². The first-order valence-electron chi connectivity index (χ1n) is 11.3. The predicted octanol–water partition coefficient (Wildman–Crippen LogP) is 1.28. The van der Waals surface area contributed by atoms with E-state index >= 15 is 0 Å². The summed E-state index contributed by atoms with van der Waals surface area (Å²) < 4.78 is 48.2. The molecule has 4 aliphatic rings. The Bertz CT molecular complexity index is 959. The number of carboxylic acids is 1. The summed E-state index contributed by atoms with van der Waals surface area (Å²) in [5.41, 5.74) is -1.67. The smallest absolute Gasteiger partial charge is 0.475 e. The maximum absolute atomic E-state index is 14.6. The van der Waals surface area contributed by atoms with Crippen molar-refractivity contribution in [3.63, 3.8) is 0 Å². The molecule has 1 unspecified atom stereocenters. The highest BCUT2D eigenvalue weighted by atomic mass is 19.4. The summed E-state index contributed by atoms with van der Waals surface area (Å²) in [6.07, 6.45) is -0.452. The molecule has 0 aromatic carbocycles. The van der Waals surface area contributed by atoms with E-state index in [9.17, 15) is 27.2 Å². The Labute approximate surface area is 192 Å². The van der Waals surface area contributed by atoms with E-state index in [1.54, 1.807) is 4.90 Å². The first-order chi connectivity index (χ1) is 16.0. The van der Waals surface area contributed by atoms with E-state index in [-0.39, 0.29) is 23.9 Å². The van der Waals surface area contributed by atoms with Gasteiger partial charge in [-0.1, -0.05) is 0 Å². The first-order valence-corrected chi connectivity index (χ1v) is 11.3. The van der Waals surface area contributed by atoms with Crippen LogP contribution in [-0.4, -0.2) is 91.5 Å². The lowest BCUT2D eigenvalue weighted by atomic mass is 9.80. The van der Waals surface area contributed by atoms with Crippen LogP contribution in [0.2, 0.25) is 0 Å². The molecule has 2 amide bonds. The number of hydrogen-bond acceptors (Lipinski definition) is 6. The number of piperazine rings is 1. The molecule has 3 heterocycles. The molecule has 188 valence electrons. The van der Waals surface area contributed by atoms with E-state index in [0.717, 1.165) is 32.2 Å². The van der Waals surface area contributed by atoms with Gasteiger partial charge in [-0.2, -0.15) is 13.2 Å². The van der Waals surface area contributed by atoms with E-state index < -0.39 is 17.8 Å². The highest BCUT2D eigenvalue weighted by molar-refractivity contribution is 5.91. The zero-order chi connectivity index (χ0) is 24.7. The molecular formula is C20H26F4N6O4. The summed E-state index contributed by atoms with van der Waals surface area (Å²) >= 11 is 0. The molecule has 1 aromatic rings. The summed E-state index contributed by atoms with van der Waals surface area (Å²) in [6, 6.07) is 0.120. The van der Waals surface area contributed by atoms with Gasteiger partial charge in [0, 0.05) is 38.8 Å². The van der Waals surface area contributed by atoms with Crippen LogP contribution in [0.1, 0.15) is 61.0 Å². The summed E-state index contributed by atoms with van der Waals surface area (Å²) in [5.74, 6) is -2.26. The summed E-state index contributed by atoms with van der Waals surface area (Å²) in [5, 5.41) is 18.6. The first kappa shape index (κ1) is 24.4. The molecule has 2 aliphatic carbocycles. The Morgan fingerprint density at radius 1 is 1.03 bits per heavy atom. The van der Waals surface area contributed by atoms with Gasteiger partial charge < -0.3 is 19.9 Å². The predicted molar refractivity (Wildman–Crippen MR) is 107 cm³/mol. The third-order valence-corrected chi connectivity index (χ3v) is 6.88. The Morgan fingerprint density at radius 2 is 1.68 bits per heavy atom. The molecule has 1 saturated heterocycles.